The molecule has 0 unspecified atom stereocenters. The van der Waals surface area contributed by atoms with Gasteiger partial charge in [-0.3, -0.25) is 4.79 Å². The Morgan fingerprint density at radius 2 is 1.96 bits per heavy atom. The van der Waals surface area contributed by atoms with Crippen LogP contribution in [0.2, 0.25) is 0 Å². The van der Waals surface area contributed by atoms with E-state index in [4.69, 9.17) is 4.74 Å². The fourth-order valence-corrected chi connectivity index (χ4v) is 3.78. The van der Waals surface area contributed by atoms with Gasteiger partial charge in [-0.25, -0.2) is 17.5 Å². The van der Waals surface area contributed by atoms with E-state index in [0.29, 0.717) is 0 Å². The maximum Gasteiger partial charge on any atom is 0.338 e. The summed E-state index contributed by atoms with van der Waals surface area (Å²) >= 11 is 1.52. The largest absolute Gasteiger partial charge is 0.452 e. The number of carbonyl (C=O) groups is 2. The number of carbonyl (C=O) groups excluding carboxylic acids is 2. The first-order valence-electron chi connectivity index (χ1n) is 7.74. The standard InChI is InChI=1S/C17H20N2O5S2/c1-12(15-8-5-9-25-15)18-16(20)11-24-17(21)13-6-4-7-14(10-13)26(22,23)19(2)3/h4-10,12H,11H2,1-3H3,(H,18,20)/t12-/m0/s1. The van der Waals surface area contributed by atoms with Gasteiger partial charge in [-0.2, -0.15) is 0 Å². The number of esters is 1. The topological polar surface area (TPSA) is 92.8 Å². The second-order valence-electron chi connectivity index (χ2n) is 5.70. The molecule has 0 aliphatic rings. The first-order valence-corrected chi connectivity index (χ1v) is 10.1. The molecule has 1 aromatic carbocycles. The van der Waals surface area contributed by atoms with Gasteiger partial charge in [0.1, 0.15) is 0 Å². The van der Waals surface area contributed by atoms with Crippen molar-refractivity contribution in [2.45, 2.75) is 17.9 Å². The van der Waals surface area contributed by atoms with Gasteiger partial charge in [0.05, 0.1) is 16.5 Å². The van der Waals surface area contributed by atoms with Crippen molar-refractivity contribution < 1.29 is 22.7 Å². The molecule has 2 rings (SSSR count). The molecule has 0 fully saturated rings. The van der Waals surface area contributed by atoms with E-state index in [0.717, 1.165) is 9.18 Å². The molecule has 0 saturated carbocycles. The molecular formula is C17H20N2O5S2. The Morgan fingerprint density at radius 3 is 2.58 bits per heavy atom. The predicted octanol–water partition coefficient (Wildman–Crippen LogP) is 2.03. The van der Waals surface area contributed by atoms with Crippen molar-refractivity contribution in [1.29, 1.82) is 0 Å². The van der Waals surface area contributed by atoms with Crippen molar-refractivity contribution in [3.05, 3.63) is 52.2 Å². The maximum absolute atomic E-state index is 12.1. The van der Waals surface area contributed by atoms with Gasteiger partial charge in [-0.15, -0.1) is 11.3 Å². The molecule has 0 radical (unpaired) electrons. The summed E-state index contributed by atoms with van der Waals surface area (Å²) in [6, 6.07) is 9.10. The summed E-state index contributed by atoms with van der Waals surface area (Å²) in [5, 5.41) is 4.64. The zero-order valence-electron chi connectivity index (χ0n) is 14.6. The SMILES string of the molecule is C[C@H](NC(=O)COC(=O)c1cccc(S(=O)(=O)N(C)C)c1)c1cccs1. The number of ether oxygens (including phenoxy) is 1. The lowest BCUT2D eigenvalue weighted by Crippen LogP contribution is -2.30. The van der Waals surface area contributed by atoms with Gasteiger partial charge in [-0.05, 0) is 36.6 Å². The third-order valence-corrected chi connectivity index (χ3v) is 6.40. The lowest BCUT2D eigenvalue weighted by molar-refractivity contribution is -0.124. The minimum absolute atomic E-state index is 0.0206. The van der Waals surface area contributed by atoms with Crippen LogP contribution in [0.4, 0.5) is 0 Å². The van der Waals surface area contributed by atoms with Gasteiger partial charge in [0.25, 0.3) is 5.91 Å². The van der Waals surface area contributed by atoms with Crippen molar-refractivity contribution in [2.75, 3.05) is 20.7 Å². The van der Waals surface area contributed by atoms with Crippen molar-refractivity contribution in [3.8, 4) is 0 Å². The maximum atomic E-state index is 12.1. The van der Waals surface area contributed by atoms with Crippen LogP contribution in [-0.4, -0.2) is 45.3 Å². The molecule has 0 saturated heterocycles. The number of sulfonamides is 1. The molecule has 0 aliphatic carbocycles. The highest BCUT2D eigenvalue weighted by molar-refractivity contribution is 7.89. The van der Waals surface area contributed by atoms with Crippen LogP contribution >= 0.6 is 11.3 Å². The molecular weight excluding hydrogens is 376 g/mol. The molecule has 0 bridgehead atoms. The first-order chi connectivity index (χ1) is 12.2. The van der Waals surface area contributed by atoms with Crippen LogP contribution in [0.15, 0.2) is 46.7 Å². The van der Waals surface area contributed by atoms with Gasteiger partial charge in [0, 0.05) is 19.0 Å². The Kier molecular flexibility index (Phi) is 6.52. The van der Waals surface area contributed by atoms with E-state index in [2.05, 4.69) is 5.32 Å². The van der Waals surface area contributed by atoms with Gasteiger partial charge in [0.2, 0.25) is 10.0 Å². The second kappa shape index (κ2) is 8.43. The lowest BCUT2D eigenvalue weighted by Gasteiger charge is -2.13. The summed E-state index contributed by atoms with van der Waals surface area (Å²) < 4.78 is 30.3. The number of nitrogens with one attached hydrogen (secondary N) is 1. The minimum Gasteiger partial charge on any atom is -0.452 e. The molecule has 9 heteroatoms. The van der Waals surface area contributed by atoms with Gasteiger partial charge < -0.3 is 10.1 Å². The third kappa shape index (κ3) is 4.90. The lowest BCUT2D eigenvalue weighted by atomic mass is 10.2. The van der Waals surface area contributed by atoms with Gasteiger partial charge in [-0.1, -0.05) is 12.1 Å². The van der Waals surface area contributed by atoms with E-state index in [1.165, 1.54) is 49.7 Å². The monoisotopic (exact) mass is 396 g/mol. The molecule has 1 N–H and O–H groups in total. The number of thiophene rings is 1. The number of amides is 1. The fourth-order valence-electron chi connectivity index (χ4n) is 2.10. The highest BCUT2D eigenvalue weighted by atomic mass is 32.2. The molecule has 26 heavy (non-hydrogen) atoms. The fraction of sp³-hybridized carbons (Fsp3) is 0.294. The van der Waals surface area contributed by atoms with Crippen LogP contribution in [0.5, 0.6) is 0 Å². The van der Waals surface area contributed by atoms with E-state index in [-0.39, 0.29) is 16.5 Å². The zero-order chi connectivity index (χ0) is 19.3. The Labute approximate surface area is 156 Å². The molecule has 1 atom stereocenters. The average molecular weight is 396 g/mol. The Hall–Kier alpha value is -2.23. The van der Waals surface area contributed by atoms with Crippen LogP contribution in [0, 0.1) is 0 Å². The van der Waals surface area contributed by atoms with E-state index in [1.807, 2.05) is 24.4 Å². The van der Waals surface area contributed by atoms with Crippen molar-refractivity contribution >= 4 is 33.2 Å². The summed E-state index contributed by atoms with van der Waals surface area (Å²) in [4.78, 5) is 25.0. The number of nitrogens with zero attached hydrogens (tertiary/aromatic N) is 1. The third-order valence-electron chi connectivity index (χ3n) is 3.53. The molecule has 1 amide bonds. The highest BCUT2D eigenvalue weighted by Crippen LogP contribution is 2.18. The molecule has 0 spiro atoms. The summed E-state index contributed by atoms with van der Waals surface area (Å²) in [7, 11) is -0.853. The van der Waals surface area contributed by atoms with Crippen LogP contribution < -0.4 is 5.32 Å². The normalized spacial score (nSPS) is 12.6. The molecule has 1 aromatic heterocycles. The molecule has 1 heterocycles. The van der Waals surface area contributed by atoms with Crippen molar-refractivity contribution in [3.63, 3.8) is 0 Å². The molecule has 140 valence electrons. The van der Waals surface area contributed by atoms with Gasteiger partial charge >= 0.3 is 5.97 Å². The van der Waals surface area contributed by atoms with Crippen LogP contribution in [-0.2, 0) is 19.6 Å². The van der Waals surface area contributed by atoms with E-state index in [1.54, 1.807) is 0 Å². The number of hydrogen-bond donors (Lipinski definition) is 1. The van der Waals surface area contributed by atoms with E-state index in [9.17, 15) is 18.0 Å². The number of rotatable bonds is 7. The van der Waals surface area contributed by atoms with Crippen LogP contribution in [0.25, 0.3) is 0 Å². The number of benzene rings is 1. The molecule has 0 aliphatic heterocycles. The first kappa shape index (κ1) is 20.1. The highest BCUT2D eigenvalue weighted by Gasteiger charge is 2.20. The van der Waals surface area contributed by atoms with E-state index >= 15 is 0 Å². The summed E-state index contributed by atoms with van der Waals surface area (Å²) in [6.45, 7) is 1.39. The smallest absolute Gasteiger partial charge is 0.338 e. The average Bonchev–Trinajstić information content (AvgIpc) is 3.14. The summed E-state index contributed by atoms with van der Waals surface area (Å²) in [6.07, 6.45) is 0. The summed E-state index contributed by atoms with van der Waals surface area (Å²) in [5.41, 5.74) is 0.0621. The quantitative estimate of drug-likeness (QED) is 0.723. The predicted molar refractivity (Wildman–Crippen MR) is 98.5 cm³/mol. The van der Waals surface area contributed by atoms with Gasteiger partial charge in [0.15, 0.2) is 6.61 Å². The molecule has 2 aromatic rings. The Balaban J connectivity index is 1.97. The minimum atomic E-state index is -3.66. The van der Waals surface area contributed by atoms with Crippen molar-refractivity contribution in [1.82, 2.24) is 9.62 Å². The van der Waals surface area contributed by atoms with Crippen LogP contribution in [0.3, 0.4) is 0 Å². The van der Waals surface area contributed by atoms with Crippen LogP contribution in [0.1, 0.15) is 28.2 Å². The Bertz CT molecular complexity index is 876. The number of hydrogen-bond acceptors (Lipinski definition) is 6. The van der Waals surface area contributed by atoms with E-state index < -0.39 is 28.5 Å². The molecule has 7 nitrogen and oxygen atoms in total. The zero-order valence-corrected chi connectivity index (χ0v) is 16.3. The van der Waals surface area contributed by atoms with Crippen molar-refractivity contribution in [2.24, 2.45) is 0 Å². The second-order valence-corrected chi connectivity index (χ2v) is 8.83. The summed E-state index contributed by atoms with van der Waals surface area (Å²) in [5.74, 6) is -1.20. The Morgan fingerprint density at radius 1 is 1.23 bits per heavy atom.